The summed E-state index contributed by atoms with van der Waals surface area (Å²) < 4.78 is 0. The van der Waals surface area contributed by atoms with Gasteiger partial charge in [0.25, 0.3) is 5.91 Å². The van der Waals surface area contributed by atoms with Crippen LogP contribution < -0.4 is 5.32 Å². The van der Waals surface area contributed by atoms with Crippen molar-refractivity contribution in [1.29, 1.82) is 5.26 Å². The van der Waals surface area contributed by atoms with Gasteiger partial charge >= 0.3 is 0 Å². The number of nitriles is 1. The average Bonchev–Trinajstić information content (AvgIpc) is 2.95. The minimum Gasteiger partial charge on any atom is -0.321 e. The van der Waals surface area contributed by atoms with E-state index in [1.807, 2.05) is 18.2 Å². The highest BCUT2D eigenvalue weighted by Gasteiger charge is 2.35. The number of allylic oxidation sites excluding steroid dienone is 6. The van der Waals surface area contributed by atoms with E-state index in [9.17, 15) is 4.79 Å². The number of pyridine rings is 1. The molecule has 4 heteroatoms. The van der Waals surface area contributed by atoms with Gasteiger partial charge in [-0.15, -0.1) is 0 Å². The summed E-state index contributed by atoms with van der Waals surface area (Å²) in [4.78, 5) is 16.2. The molecule has 1 aromatic rings. The lowest BCUT2D eigenvalue weighted by Crippen LogP contribution is -2.14. The molecule has 0 radical (unpaired) electrons. The van der Waals surface area contributed by atoms with E-state index in [1.54, 1.807) is 12.1 Å². The molecule has 0 spiro atoms. The van der Waals surface area contributed by atoms with Gasteiger partial charge < -0.3 is 5.32 Å². The van der Waals surface area contributed by atoms with Gasteiger partial charge in [-0.1, -0.05) is 6.08 Å². The smallest absolute Gasteiger partial charge is 0.256 e. The Hall–Kier alpha value is -2.93. The van der Waals surface area contributed by atoms with E-state index in [1.165, 1.54) is 22.9 Å². The first-order valence-corrected chi connectivity index (χ1v) is 6.30. The van der Waals surface area contributed by atoms with Gasteiger partial charge in [0.2, 0.25) is 0 Å². The maximum atomic E-state index is 12.3. The van der Waals surface area contributed by atoms with Crippen LogP contribution in [-0.2, 0) is 4.79 Å². The van der Waals surface area contributed by atoms with Crippen LogP contribution in [0.1, 0.15) is 12.1 Å². The molecular formula is C16H9N3O. The zero-order valence-corrected chi connectivity index (χ0v) is 10.5. The Morgan fingerprint density at radius 1 is 1.30 bits per heavy atom. The number of hydrogen-bond acceptors (Lipinski definition) is 3. The fourth-order valence-electron chi connectivity index (χ4n) is 2.57. The number of nitrogens with one attached hydrogen (secondary N) is 1. The molecule has 4 nitrogen and oxygen atoms in total. The van der Waals surface area contributed by atoms with Crippen molar-refractivity contribution in [3.05, 3.63) is 70.1 Å². The van der Waals surface area contributed by atoms with Crippen LogP contribution in [0.5, 0.6) is 0 Å². The molecule has 0 bridgehead atoms. The third-order valence-electron chi connectivity index (χ3n) is 3.65. The van der Waals surface area contributed by atoms with Crippen molar-refractivity contribution in [3.8, 4) is 6.07 Å². The van der Waals surface area contributed by atoms with Crippen molar-refractivity contribution in [2.24, 2.45) is 0 Å². The number of carbonyl (C=O) groups excluding carboxylic acids is 1. The Balaban J connectivity index is 1.59. The summed E-state index contributed by atoms with van der Waals surface area (Å²) in [5.74, 6) is -0.142. The van der Waals surface area contributed by atoms with Gasteiger partial charge in [0.05, 0.1) is 11.9 Å². The largest absolute Gasteiger partial charge is 0.321 e. The standard InChI is InChI=1S/C16H9N3O/c17-7-10-1-2-11(8-18-10)19-16(20)13-4-3-12-14-5-9(14)6-15(12)13/h1-4,6,8H,5H2,(H,19,20). The van der Waals surface area contributed by atoms with Gasteiger partial charge in [0.15, 0.2) is 0 Å². The molecule has 4 rings (SSSR count). The van der Waals surface area contributed by atoms with E-state index in [2.05, 4.69) is 16.4 Å². The normalized spacial score (nSPS) is 17.6. The van der Waals surface area contributed by atoms with Gasteiger partial charge in [-0.25, -0.2) is 4.98 Å². The first kappa shape index (κ1) is 10.9. The minimum absolute atomic E-state index is 0.142. The van der Waals surface area contributed by atoms with E-state index in [0.717, 1.165) is 12.0 Å². The second-order valence-corrected chi connectivity index (χ2v) is 4.90. The topological polar surface area (TPSA) is 65.8 Å². The van der Waals surface area contributed by atoms with Gasteiger partial charge in [-0.05, 0) is 53.0 Å². The maximum absolute atomic E-state index is 12.3. The van der Waals surface area contributed by atoms with Gasteiger partial charge in [-0.3, -0.25) is 4.79 Å². The van der Waals surface area contributed by atoms with Crippen molar-refractivity contribution in [1.82, 2.24) is 4.98 Å². The first-order valence-electron chi connectivity index (χ1n) is 6.30. The van der Waals surface area contributed by atoms with E-state index in [4.69, 9.17) is 5.26 Å². The Morgan fingerprint density at radius 2 is 2.20 bits per heavy atom. The molecule has 1 aromatic heterocycles. The molecule has 3 aliphatic rings. The third kappa shape index (κ3) is 1.54. The Morgan fingerprint density at radius 3 is 2.95 bits per heavy atom. The molecule has 0 atom stereocenters. The van der Waals surface area contributed by atoms with Gasteiger partial charge in [-0.2, -0.15) is 5.26 Å². The molecular weight excluding hydrogens is 250 g/mol. The lowest BCUT2D eigenvalue weighted by Gasteiger charge is -2.06. The van der Waals surface area contributed by atoms with Crippen LogP contribution >= 0.6 is 0 Å². The van der Waals surface area contributed by atoms with Crippen molar-refractivity contribution < 1.29 is 4.79 Å². The van der Waals surface area contributed by atoms with Gasteiger partial charge in [0.1, 0.15) is 11.8 Å². The van der Waals surface area contributed by atoms with E-state index >= 15 is 0 Å². The fourth-order valence-corrected chi connectivity index (χ4v) is 2.57. The zero-order valence-electron chi connectivity index (χ0n) is 10.5. The van der Waals surface area contributed by atoms with Gasteiger partial charge in [0, 0.05) is 5.57 Å². The lowest BCUT2D eigenvalue weighted by molar-refractivity contribution is -0.112. The summed E-state index contributed by atoms with van der Waals surface area (Å²) in [5, 5.41) is 11.5. The number of fused-ring (bicyclic) bond motifs is 2. The number of amides is 1. The Kier molecular flexibility index (Phi) is 2.07. The van der Waals surface area contributed by atoms with Crippen LogP contribution in [0, 0.1) is 11.3 Å². The molecule has 1 heterocycles. The molecule has 1 fully saturated rings. The molecule has 20 heavy (non-hydrogen) atoms. The lowest BCUT2D eigenvalue weighted by atomic mass is 10.1. The van der Waals surface area contributed by atoms with Crippen LogP contribution in [0.2, 0.25) is 0 Å². The van der Waals surface area contributed by atoms with Crippen molar-refractivity contribution in [2.45, 2.75) is 6.42 Å². The van der Waals surface area contributed by atoms with Crippen LogP contribution in [0.3, 0.4) is 0 Å². The second-order valence-electron chi connectivity index (χ2n) is 4.90. The second kappa shape index (κ2) is 3.78. The van der Waals surface area contributed by atoms with E-state index in [-0.39, 0.29) is 5.91 Å². The molecule has 94 valence electrons. The summed E-state index contributed by atoms with van der Waals surface area (Å²) in [6.07, 6.45) is 8.52. The van der Waals surface area contributed by atoms with Crippen molar-refractivity contribution in [2.75, 3.05) is 5.32 Å². The van der Waals surface area contributed by atoms with Crippen LogP contribution in [0.4, 0.5) is 5.69 Å². The van der Waals surface area contributed by atoms with E-state index in [0.29, 0.717) is 17.0 Å². The summed E-state index contributed by atoms with van der Waals surface area (Å²) in [6.45, 7) is 0. The highest BCUT2D eigenvalue weighted by Crippen LogP contribution is 2.51. The highest BCUT2D eigenvalue weighted by atomic mass is 16.1. The molecule has 0 saturated heterocycles. The molecule has 0 unspecified atom stereocenters. The molecule has 1 amide bonds. The third-order valence-corrected chi connectivity index (χ3v) is 3.65. The molecule has 0 aromatic carbocycles. The highest BCUT2D eigenvalue weighted by molar-refractivity contribution is 6.09. The van der Waals surface area contributed by atoms with E-state index < -0.39 is 0 Å². The SMILES string of the molecule is N#Cc1ccc(NC(=O)C2=C3C=C4CC4=C3C=C2)cn1. The molecule has 3 aliphatic carbocycles. The Bertz CT molecular complexity index is 814. The summed E-state index contributed by atoms with van der Waals surface area (Å²) in [6, 6.07) is 5.20. The van der Waals surface area contributed by atoms with Crippen LogP contribution in [0.15, 0.2) is 64.4 Å². The number of aromatic nitrogens is 1. The predicted molar refractivity (Wildman–Crippen MR) is 73.5 cm³/mol. The molecule has 0 aliphatic heterocycles. The summed E-state index contributed by atoms with van der Waals surface area (Å²) in [5.41, 5.74) is 6.56. The van der Waals surface area contributed by atoms with Crippen LogP contribution in [0.25, 0.3) is 0 Å². The van der Waals surface area contributed by atoms with Crippen molar-refractivity contribution in [3.63, 3.8) is 0 Å². The monoisotopic (exact) mass is 259 g/mol. The first-order chi connectivity index (χ1) is 9.76. The van der Waals surface area contributed by atoms with Crippen molar-refractivity contribution >= 4 is 11.6 Å². The fraction of sp³-hybridized carbons (Fsp3) is 0.0625. The quantitative estimate of drug-likeness (QED) is 0.886. The zero-order chi connectivity index (χ0) is 13.7. The number of carbonyl (C=O) groups is 1. The number of hydrogen-bond donors (Lipinski definition) is 1. The Labute approximate surface area is 115 Å². The number of nitrogens with zero attached hydrogens (tertiary/aromatic N) is 2. The molecule has 1 N–H and O–H groups in total. The maximum Gasteiger partial charge on any atom is 0.256 e. The minimum atomic E-state index is -0.142. The van der Waals surface area contributed by atoms with Crippen LogP contribution in [-0.4, -0.2) is 10.9 Å². The average molecular weight is 259 g/mol. The number of rotatable bonds is 2. The predicted octanol–water partition coefficient (Wildman–Crippen LogP) is 2.40. The summed E-state index contributed by atoms with van der Waals surface area (Å²) in [7, 11) is 0. The molecule has 1 saturated carbocycles. The number of anilines is 1. The summed E-state index contributed by atoms with van der Waals surface area (Å²) >= 11 is 0.